The van der Waals surface area contributed by atoms with Crippen LogP contribution in [-0.4, -0.2) is 10.6 Å². The summed E-state index contributed by atoms with van der Waals surface area (Å²) in [6, 6.07) is 33.6. The number of halogens is 2. The maximum atomic E-state index is 2.49. The summed E-state index contributed by atoms with van der Waals surface area (Å²) in [5.41, 5.74) is 0. The maximum absolute atomic E-state index is 2.49. The highest BCUT2D eigenvalue weighted by Gasteiger charge is 2.43. The van der Waals surface area contributed by atoms with Crippen LogP contribution >= 0.6 is 29.9 Å². The average molecular weight is 677 g/mol. The molecular weight excluding hydrogens is 634 g/mol. The third-order valence-electron chi connectivity index (χ3n) is 6.89. The molecule has 0 aliphatic rings. The minimum Gasteiger partial charge on any atom is -1.00 e. The van der Waals surface area contributed by atoms with Crippen molar-refractivity contribution >= 4 is 45.8 Å². The molecule has 3 aromatic carbocycles. The molecule has 0 aliphatic carbocycles. The number of rotatable bonds is 17. The summed E-state index contributed by atoms with van der Waals surface area (Å²) >= 11 is 2.49. The van der Waals surface area contributed by atoms with E-state index < -0.39 is 7.26 Å². The van der Waals surface area contributed by atoms with Crippen molar-refractivity contribution in [3.63, 3.8) is 0 Å². The number of unbranched alkanes of at least 4 members (excludes halogenated alkanes) is 10. The smallest absolute Gasteiger partial charge is 0.115 e. The predicted molar refractivity (Wildman–Crippen MR) is 169 cm³/mol. The van der Waals surface area contributed by atoms with Crippen molar-refractivity contribution in [3.05, 3.63) is 103 Å². The zero-order valence-corrected chi connectivity index (χ0v) is 26.3. The Morgan fingerprint density at radius 1 is 0.472 bits per heavy atom. The standard InChI is InChI=1S/C33H43IP.BrH/c34-29-21-10-8-6-4-2-1-3-5-7-9-11-22-30-35(31-23-15-12-16-24-31,32-25-17-13-18-26-32)33-27-19-14-20-28-33;/h11-20,22-28H,1-10,21,29-30H2;1H/q+1;/p-1. The molecule has 36 heavy (non-hydrogen) atoms. The first kappa shape index (κ1) is 31.3. The van der Waals surface area contributed by atoms with Crippen molar-refractivity contribution in [2.75, 3.05) is 10.6 Å². The molecule has 194 valence electrons. The minimum atomic E-state index is -1.72. The molecule has 0 nitrogen and oxygen atoms in total. The van der Waals surface area contributed by atoms with Gasteiger partial charge in [0.05, 0.1) is 6.16 Å². The van der Waals surface area contributed by atoms with Crippen LogP contribution in [0.2, 0.25) is 0 Å². The number of benzene rings is 3. The number of alkyl halides is 1. The van der Waals surface area contributed by atoms with E-state index >= 15 is 0 Å². The highest BCUT2D eigenvalue weighted by molar-refractivity contribution is 14.1. The van der Waals surface area contributed by atoms with E-state index in [2.05, 4.69) is 126 Å². The first-order valence-electron chi connectivity index (χ1n) is 13.6. The fourth-order valence-electron chi connectivity index (χ4n) is 4.93. The van der Waals surface area contributed by atoms with E-state index in [-0.39, 0.29) is 17.0 Å². The van der Waals surface area contributed by atoms with Crippen LogP contribution in [0.5, 0.6) is 0 Å². The van der Waals surface area contributed by atoms with E-state index in [1.54, 1.807) is 0 Å². The van der Waals surface area contributed by atoms with Gasteiger partial charge >= 0.3 is 0 Å². The highest BCUT2D eigenvalue weighted by atomic mass is 127. The van der Waals surface area contributed by atoms with Crippen LogP contribution in [0, 0.1) is 0 Å². The van der Waals surface area contributed by atoms with E-state index in [1.807, 2.05) is 0 Å². The third-order valence-corrected chi connectivity index (χ3v) is 12.0. The highest BCUT2D eigenvalue weighted by Crippen LogP contribution is 2.55. The van der Waals surface area contributed by atoms with Gasteiger partial charge in [-0.3, -0.25) is 0 Å². The van der Waals surface area contributed by atoms with Crippen LogP contribution < -0.4 is 32.9 Å². The molecule has 0 radical (unpaired) electrons. The molecule has 0 unspecified atom stereocenters. The predicted octanol–water partition coefficient (Wildman–Crippen LogP) is 6.27. The van der Waals surface area contributed by atoms with Gasteiger partial charge in [-0.2, -0.15) is 0 Å². The quantitative estimate of drug-likeness (QED) is 0.0520. The van der Waals surface area contributed by atoms with Crippen molar-refractivity contribution in [1.29, 1.82) is 0 Å². The molecule has 0 fully saturated rings. The van der Waals surface area contributed by atoms with E-state index in [1.165, 1.54) is 91.0 Å². The van der Waals surface area contributed by atoms with Gasteiger partial charge in [-0.05, 0) is 60.1 Å². The summed E-state index contributed by atoms with van der Waals surface area (Å²) in [5, 5.41) is 4.41. The Bertz CT molecular complexity index is 847. The van der Waals surface area contributed by atoms with Gasteiger partial charge in [-0.15, -0.1) is 0 Å². The fraction of sp³-hybridized carbons (Fsp3) is 0.394. The lowest BCUT2D eigenvalue weighted by atomic mass is 10.1. The molecule has 0 saturated heterocycles. The second-order valence-electron chi connectivity index (χ2n) is 9.48. The Kier molecular flexibility index (Phi) is 16.6. The minimum absolute atomic E-state index is 0. The molecule has 3 aromatic rings. The molecule has 0 aliphatic heterocycles. The van der Waals surface area contributed by atoms with Crippen molar-refractivity contribution < 1.29 is 17.0 Å². The molecule has 0 bridgehead atoms. The van der Waals surface area contributed by atoms with Crippen molar-refractivity contribution in [2.24, 2.45) is 0 Å². The molecule has 3 heteroatoms. The molecule has 0 saturated carbocycles. The van der Waals surface area contributed by atoms with E-state index in [9.17, 15) is 0 Å². The summed E-state index contributed by atoms with van der Waals surface area (Å²) < 4.78 is 1.32. The van der Waals surface area contributed by atoms with Crippen LogP contribution in [0.15, 0.2) is 103 Å². The van der Waals surface area contributed by atoms with Crippen molar-refractivity contribution in [2.45, 2.75) is 70.6 Å². The summed E-state index contributed by atoms with van der Waals surface area (Å²) in [6.45, 7) is 0. The van der Waals surface area contributed by atoms with Crippen LogP contribution in [-0.2, 0) is 0 Å². The van der Waals surface area contributed by atoms with Crippen LogP contribution in [0.1, 0.15) is 70.6 Å². The number of hydrogen-bond acceptors (Lipinski definition) is 0. The lowest BCUT2D eigenvalue weighted by molar-refractivity contribution is -0.00000692. The monoisotopic (exact) mass is 676 g/mol. The first-order chi connectivity index (χ1) is 17.4. The second kappa shape index (κ2) is 19.2. The average Bonchev–Trinajstić information content (AvgIpc) is 2.93. The molecular formula is C33H43BrIP. The molecule has 0 amide bonds. The second-order valence-corrected chi connectivity index (χ2v) is 14.1. The van der Waals surface area contributed by atoms with E-state index in [0.717, 1.165) is 6.16 Å². The molecule has 0 aromatic heterocycles. The fourth-order valence-corrected chi connectivity index (χ4v) is 9.51. The molecule has 0 atom stereocenters. The molecule has 0 heterocycles. The zero-order chi connectivity index (χ0) is 24.4. The summed E-state index contributed by atoms with van der Waals surface area (Å²) in [4.78, 5) is 0. The van der Waals surface area contributed by atoms with Crippen LogP contribution in [0.3, 0.4) is 0 Å². The van der Waals surface area contributed by atoms with Gasteiger partial charge in [0.1, 0.15) is 23.2 Å². The van der Waals surface area contributed by atoms with Gasteiger partial charge in [0.15, 0.2) is 0 Å². The number of allylic oxidation sites excluding steroid dienone is 2. The lowest BCUT2D eigenvalue weighted by Gasteiger charge is -2.26. The largest absolute Gasteiger partial charge is 1.00 e. The van der Waals surface area contributed by atoms with Crippen molar-refractivity contribution in [3.8, 4) is 0 Å². The van der Waals surface area contributed by atoms with Gasteiger partial charge < -0.3 is 17.0 Å². The normalized spacial score (nSPS) is 11.5. The number of hydrogen-bond donors (Lipinski definition) is 0. The molecule has 0 N–H and O–H groups in total. The van der Waals surface area contributed by atoms with E-state index in [4.69, 9.17) is 0 Å². The van der Waals surface area contributed by atoms with Crippen molar-refractivity contribution in [1.82, 2.24) is 0 Å². The Morgan fingerprint density at radius 3 is 1.22 bits per heavy atom. The lowest BCUT2D eigenvalue weighted by Crippen LogP contribution is -3.00. The third kappa shape index (κ3) is 10.1. The Balaban J connectivity index is 0.00000456. The van der Waals surface area contributed by atoms with Gasteiger partial charge in [-0.25, -0.2) is 0 Å². The van der Waals surface area contributed by atoms with Crippen LogP contribution in [0.25, 0.3) is 0 Å². The van der Waals surface area contributed by atoms with Gasteiger partial charge in [0.2, 0.25) is 0 Å². The van der Waals surface area contributed by atoms with E-state index in [0.29, 0.717) is 0 Å². The zero-order valence-electron chi connectivity index (χ0n) is 21.7. The topological polar surface area (TPSA) is 0 Å². The summed E-state index contributed by atoms with van der Waals surface area (Å²) in [6.07, 6.45) is 21.3. The summed E-state index contributed by atoms with van der Waals surface area (Å²) in [5.74, 6) is 0. The van der Waals surface area contributed by atoms with Gasteiger partial charge in [0, 0.05) is 0 Å². The van der Waals surface area contributed by atoms with Gasteiger partial charge in [0.25, 0.3) is 0 Å². The maximum Gasteiger partial charge on any atom is 0.115 e. The SMILES string of the molecule is ICCCCCCCCCCCCC=CC[P+](c1ccccc1)(c1ccccc1)c1ccccc1.[Br-]. The first-order valence-corrected chi connectivity index (χ1v) is 17.1. The summed E-state index contributed by atoms with van der Waals surface area (Å²) in [7, 11) is -1.72. The molecule has 3 rings (SSSR count). The molecule has 0 spiro atoms. The van der Waals surface area contributed by atoms with Gasteiger partial charge in [-0.1, -0.05) is 141 Å². The Hall–Kier alpha value is -0.960. The Labute approximate surface area is 245 Å². The Morgan fingerprint density at radius 2 is 0.833 bits per heavy atom. The van der Waals surface area contributed by atoms with Crippen LogP contribution in [0.4, 0.5) is 0 Å².